The number of aliphatic imine (C=N–C) groups is 1. The van der Waals surface area contributed by atoms with Gasteiger partial charge in [-0.3, -0.25) is 15.6 Å². The van der Waals surface area contributed by atoms with E-state index in [0.717, 1.165) is 12.0 Å². The number of thiocarbonyl (C=S) groups is 1. The van der Waals surface area contributed by atoms with Crippen LogP contribution in [0.1, 0.15) is 17.3 Å². The van der Waals surface area contributed by atoms with E-state index in [1.807, 2.05) is 0 Å². The SMILES string of the molecule is CC(=Nc1ccc(C=O)cc1)NNC(N)=S. The summed E-state index contributed by atoms with van der Waals surface area (Å²) in [5.41, 5.74) is 11.9. The molecule has 4 N–H and O–H groups in total. The molecule has 0 saturated heterocycles. The second-order valence-corrected chi connectivity index (χ2v) is 3.46. The van der Waals surface area contributed by atoms with Crippen LogP contribution in [0.15, 0.2) is 29.3 Å². The van der Waals surface area contributed by atoms with Crippen molar-refractivity contribution in [1.82, 2.24) is 10.9 Å². The van der Waals surface area contributed by atoms with Gasteiger partial charge in [-0.25, -0.2) is 4.99 Å². The van der Waals surface area contributed by atoms with E-state index in [9.17, 15) is 4.79 Å². The normalized spacial score (nSPS) is 10.7. The largest absolute Gasteiger partial charge is 0.375 e. The van der Waals surface area contributed by atoms with Gasteiger partial charge < -0.3 is 5.73 Å². The lowest BCUT2D eigenvalue weighted by Gasteiger charge is -2.06. The second-order valence-electron chi connectivity index (χ2n) is 3.02. The summed E-state index contributed by atoms with van der Waals surface area (Å²) >= 11 is 4.62. The smallest absolute Gasteiger partial charge is 0.182 e. The Kier molecular flexibility index (Phi) is 4.41. The molecule has 0 heterocycles. The van der Waals surface area contributed by atoms with Gasteiger partial charge in [0.2, 0.25) is 0 Å². The lowest BCUT2D eigenvalue weighted by molar-refractivity contribution is 0.112. The van der Waals surface area contributed by atoms with Gasteiger partial charge in [0.25, 0.3) is 0 Å². The van der Waals surface area contributed by atoms with Crippen LogP contribution >= 0.6 is 12.2 Å². The first-order valence-electron chi connectivity index (χ1n) is 4.54. The molecule has 0 aliphatic carbocycles. The fourth-order valence-electron chi connectivity index (χ4n) is 1.00. The minimum absolute atomic E-state index is 0.144. The lowest BCUT2D eigenvalue weighted by Crippen LogP contribution is -2.43. The number of carbonyl (C=O) groups is 1. The number of nitrogens with two attached hydrogens (primary N) is 1. The van der Waals surface area contributed by atoms with E-state index >= 15 is 0 Å². The minimum Gasteiger partial charge on any atom is -0.375 e. The molecule has 0 unspecified atom stereocenters. The van der Waals surface area contributed by atoms with E-state index < -0.39 is 0 Å². The Labute approximate surface area is 98.7 Å². The number of amidine groups is 1. The number of aldehydes is 1. The maximum Gasteiger partial charge on any atom is 0.182 e. The van der Waals surface area contributed by atoms with E-state index in [-0.39, 0.29) is 5.11 Å². The van der Waals surface area contributed by atoms with Gasteiger partial charge in [-0.15, -0.1) is 0 Å². The molecular formula is C10H12N4OS. The highest BCUT2D eigenvalue weighted by Crippen LogP contribution is 2.11. The zero-order valence-electron chi connectivity index (χ0n) is 8.73. The highest BCUT2D eigenvalue weighted by molar-refractivity contribution is 7.80. The van der Waals surface area contributed by atoms with Gasteiger partial charge in [0.15, 0.2) is 5.11 Å². The first kappa shape index (κ1) is 12.1. The number of nitrogens with zero attached hydrogens (tertiary/aromatic N) is 1. The molecule has 5 nitrogen and oxygen atoms in total. The number of nitrogens with one attached hydrogen (secondary N) is 2. The molecule has 0 amide bonds. The Morgan fingerprint density at radius 3 is 2.50 bits per heavy atom. The van der Waals surface area contributed by atoms with Crippen LogP contribution in [-0.2, 0) is 0 Å². The predicted molar refractivity (Wildman–Crippen MR) is 67.7 cm³/mol. The Morgan fingerprint density at radius 1 is 1.38 bits per heavy atom. The van der Waals surface area contributed by atoms with Gasteiger partial charge in [-0.2, -0.15) is 0 Å². The lowest BCUT2D eigenvalue weighted by atomic mass is 10.2. The maximum absolute atomic E-state index is 10.4. The first-order valence-corrected chi connectivity index (χ1v) is 4.94. The van der Waals surface area contributed by atoms with Gasteiger partial charge in [0.1, 0.15) is 12.1 Å². The molecule has 84 valence electrons. The zero-order chi connectivity index (χ0) is 12.0. The summed E-state index contributed by atoms with van der Waals surface area (Å²) in [5, 5.41) is 0.144. The third-order valence-corrected chi connectivity index (χ3v) is 1.79. The highest BCUT2D eigenvalue weighted by Gasteiger charge is 1.93. The second kappa shape index (κ2) is 5.82. The van der Waals surface area contributed by atoms with Crippen molar-refractivity contribution in [2.24, 2.45) is 10.7 Å². The van der Waals surface area contributed by atoms with Crippen LogP contribution in [0.2, 0.25) is 0 Å². The van der Waals surface area contributed by atoms with Crippen molar-refractivity contribution in [3.05, 3.63) is 29.8 Å². The number of hydrazine groups is 1. The molecule has 0 atom stereocenters. The van der Waals surface area contributed by atoms with E-state index in [4.69, 9.17) is 5.73 Å². The van der Waals surface area contributed by atoms with Crippen LogP contribution in [0.4, 0.5) is 5.69 Å². The Hall–Kier alpha value is -1.95. The van der Waals surface area contributed by atoms with E-state index in [1.54, 1.807) is 31.2 Å². The summed E-state index contributed by atoms with van der Waals surface area (Å²) in [6.07, 6.45) is 0.785. The Bertz CT molecular complexity index is 413. The summed E-state index contributed by atoms with van der Waals surface area (Å²) in [5.74, 6) is 0.617. The standard InChI is InChI=1S/C10H12N4OS/c1-7(13-14-10(11)16)12-9-4-2-8(6-15)3-5-9/h2-6H,1H3,(H,12,13)(H3,11,14,16). The average Bonchev–Trinajstić information content (AvgIpc) is 2.27. The molecule has 1 aromatic rings. The van der Waals surface area contributed by atoms with Crippen LogP contribution in [0, 0.1) is 0 Å². The van der Waals surface area contributed by atoms with Gasteiger partial charge in [0.05, 0.1) is 5.69 Å². The summed E-state index contributed by atoms with van der Waals surface area (Å²) in [6, 6.07) is 6.88. The molecule has 0 saturated carbocycles. The molecule has 0 aliphatic heterocycles. The van der Waals surface area contributed by atoms with Crippen LogP contribution in [0.5, 0.6) is 0 Å². The van der Waals surface area contributed by atoms with Gasteiger partial charge >= 0.3 is 0 Å². The van der Waals surface area contributed by atoms with Crippen molar-refractivity contribution in [1.29, 1.82) is 0 Å². The highest BCUT2D eigenvalue weighted by atomic mass is 32.1. The summed E-state index contributed by atoms with van der Waals surface area (Å²) in [7, 11) is 0. The number of hydrogen-bond donors (Lipinski definition) is 3. The van der Waals surface area contributed by atoms with Crippen molar-refractivity contribution in [3.63, 3.8) is 0 Å². The monoisotopic (exact) mass is 236 g/mol. The molecule has 0 bridgehead atoms. The number of rotatable bonds is 2. The summed E-state index contributed by atoms with van der Waals surface area (Å²) < 4.78 is 0. The third-order valence-electron chi connectivity index (χ3n) is 1.69. The van der Waals surface area contributed by atoms with Crippen molar-refractivity contribution in [3.8, 4) is 0 Å². The predicted octanol–water partition coefficient (Wildman–Crippen LogP) is 0.887. The van der Waals surface area contributed by atoms with Crippen molar-refractivity contribution in [2.75, 3.05) is 0 Å². The zero-order valence-corrected chi connectivity index (χ0v) is 9.54. The van der Waals surface area contributed by atoms with E-state index in [0.29, 0.717) is 11.4 Å². The van der Waals surface area contributed by atoms with Gasteiger partial charge in [-0.1, -0.05) is 0 Å². The van der Waals surface area contributed by atoms with Crippen molar-refractivity contribution in [2.45, 2.75) is 6.92 Å². The van der Waals surface area contributed by atoms with Crippen molar-refractivity contribution < 1.29 is 4.79 Å². The van der Waals surface area contributed by atoms with Gasteiger partial charge in [0, 0.05) is 5.56 Å². The Balaban J connectivity index is 2.66. The van der Waals surface area contributed by atoms with E-state index in [2.05, 4.69) is 28.1 Å². The topological polar surface area (TPSA) is 79.5 Å². The molecule has 1 aromatic carbocycles. The van der Waals surface area contributed by atoms with Gasteiger partial charge in [-0.05, 0) is 43.4 Å². The minimum atomic E-state index is 0.144. The molecule has 6 heteroatoms. The molecule has 0 fully saturated rings. The molecule has 0 spiro atoms. The fraction of sp³-hybridized carbons (Fsp3) is 0.100. The fourth-order valence-corrected chi connectivity index (χ4v) is 1.05. The van der Waals surface area contributed by atoms with E-state index in [1.165, 1.54) is 0 Å². The first-order chi connectivity index (χ1) is 7.61. The third kappa shape index (κ3) is 4.05. The number of carbonyl (C=O) groups excluding carboxylic acids is 1. The molecule has 16 heavy (non-hydrogen) atoms. The van der Waals surface area contributed by atoms with Crippen molar-refractivity contribution >= 4 is 35.1 Å². The Morgan fingerprint density at radius 2 is 2.00 bits per heavy atom. The quantitative estimate of drug-likeness (QED) is 0.234. The average molecular weight is 236 g/mol. The summed E-state index contributed by atoms with van der Waals surface area (Å²) in [4.78, 5) is 14.6. The number of hydrogen-bond acceptors (Lipinski definition) is 3. The maximum atomic E-state index is 10.4. The molecule has 0 aliphatic rings. The molecule has 0 radical (unpaired) electrons. The molecule has 0 aromatic heterocycles. The van der Waals surface area contributed by atoms with Crippen LogP contribution < -0.4 is 16.6 Å². The van der Waals surface area contributed by atoms with Crippen LogP contribution in [-0.4, -0.2) is 17.2 Å². The molecular weight excluding hydrogens is 224 g/mol. The molecule has 1 rings (SSSR count). The summed E-state index contributed by atoms with van der Waals surface area (Å²) in [6.45, 7) is 1.76. The van der Waals surface area contributed by atoms with Crippen LogP contribution in [0.3, 0.4) is 0 Å². The number of benzene rings is 1. The van der Waals surface area contributed by atoms with Crippen LogP contribution in [0.25, 0.3) is 0 Å².